The highest BCUT2D eigenvalue weighted by molar-refractivity contribution is 7.98. The number of carboxylic acids is 2. The van der Waals surface area contributed by atoms with Crippen LogP contribution in [0.3, 0.4) is 0 Å². The van der Waals surface area contributed by atoms with Gasteiger partial charge in [-0.3, -0.25) is 9.98 Å². The van der Waals surface area contributed by atoms with Crippen molar-refractivity contribution in [2.45, 2.75) is 78.3 Å². The van der Waals surface area contributed by atoms with E-state index in [1.807, 2.05) is 12.5 Å². The number of carbonyl (C=O) groups is 2. The molecule has 0 radical (unpaired) electrons. The Kier molecular flexibility index (Phi) is 13.3. The van der Waals surface area contributed by atoms with E-state index in [9.17, 15) is 50.4 Å². The number of phenolic OH excluding ortho intramolecular Hbond substituents is 6. The van der Waals surface area contributed by atoms with E-state index >= 15 is 0 Å². The lowest BCUT2D eigenvalue weighted by molar-refractivity contribution is -0.139. The monoisotopic (exact) mass is 780 g/mol. The minimum atomic E-state index is -1.18. The number of hydrogen-bond acceptors (Lipinski definition) is 12. The lowest BCUT2D eigenvalue weighted by Crippen LogP contribution is -2.19. The molecule has 0 fully saturated rings. The largest absolute Gasteiger partial charge is 0.507 e. The predicted molar refractivity (Wildman–Crippen MR) is 219 cm³/mol. The molecule has 0 amide bonds. The number of carboxylic acid groups (broad SMARTS) is 2. The molecule has 8 N–H and O–H groups in total. The van der Waals surface area contributed by atoms with E-state index < -0.39 is 58.5 Å². The van der Waals surface area contributed by atoms with Crippen LogP contribution in [0.5, 0.6) is 34.5 Å². The SMILES string of the molecule is CSCCC(N=Cc1c(O)c(O)c(C(C)C)c2cc(C)c(-c3c(C)cc4c(C(C)C)c(O)c(O)c(C=NC(CCSC)C(=O)O)c4c3O)c(O)c12)C(=O)O. The van der Waals surface area contributed by atoms with E-state index in [1.165, 1.54) is 23.5 Å². The molecule has 0 bridgehead atoms. The summed E-state index contributed by atoms with van der Waals surface area (Å²) < 4.78 is 0. The van der Waals surface area contributed by atoms with Gasteiger partial charge in [-0.25, -0.2) is 9.59 Å². The maximum Gasteiger partial charge on any atom is 0.328 e. The molecule has 14 heteroatoms. The van der Waals surface area contributed by atoms with Crippen LogP contribution in [0.4, 0.5) is 0 Å². The number of phenols is 6. The number of thioether (sulfide) groups is 2. The highest BCUT2D eigenvalue weighted by Gasteiger charge is 2.30. The number of aliphatic carboxylic acids is 2. The fraction of sp³-hybridized carbons (Fsp3) is 0.400. The average molecular weight is 781 g/mol. The summed E-state index contributed by atoms with van der Waals surface area (Å²) in [7, 11) is 0. The molecule has 2 atom stereocenters. The molecule has 4 rings (SSSR count). The molecule has 4 aromatic carbocycles. The molecule has 0 spiro atoms. The molecule has 0 aromatic heterocycles. The first-order valence-electron chi connectivity index (χ1n) is 17.4. The summed E-state index contributed by atoms with van der Waals surface area (Å²) in [6.07, 6.45) is 6.32. The van der Waals surface area contributed by atoms with Gasteiger partial charge in [-0.2, -0.15) is 23.5 Å². The van der Waals surface area contributed by atoms with Crippen molar-refractivity contribution in [3.8, 4) is 45.6 Å². The minimum Gasteiger partial charge on any atom is -0.507 e. The molecule has 0 saturated carbocycles. The highest BCUT2D eigenvalue weighted by Crippen LogP contribution is 2.54. The Morgan fingerprint density at radius 2 is 0.944 bits per heavy atom. The summed E-state index contributed by atoms with van der Waals surface area (Å²) in [5.74, 6) is -4.94. The highest BCUT2D eigenvalue weighted by atomic mass is 32.2. The number of aromatic hydroxyl groups is 6. The molecule has 0 aliphatic carbocycles. The van der Waals surface area contributed by atoms with Gasteiger partial charge in [0.15, 0.2) is 23.0 Å². The predicted octanol–water partition coefficient (Wildman–Crippen LogP) is 8.01. The lowest BCUT2D eigenvalue weighted by Gasteiger charge is -2.23. The average Bonchev–Trinajstić information content (AvgIpc) is 3.08. The fourth-order valence-electron chi connectivity index (χ4n) is 6.94. The Balaban J connectivity index is 2.19. The number of fused-ring (bicyclic) bond motifs is 2. The Hall–Kier alpha value is -4.82. The van der Waals surface area contributed by atoms with E-state index in [-0.39, 0.29) is 57.7 Å². The van der Waals surface area contributed by atoms with Crippen LogP contribution >= 0.6 is 23.5 Å². The van der Waals surface area contributed by atoms with Gasteiger partial charge in [0.25, 0.3) is 0 Å². The molecule has 0 aliphatic heterocycles. The van der Waals surface area contributed by atoms with Gasteiger partial charge in [0, 0.05) is 56.6 Å². The van der Waals surface area contributed by atoms with Crippen molar-refractivity contribution >= 4 is 69.4 Å². The third kappa shape index (κ3) is 7.85. The third-order valence-corrected chi connectivity index (χ3v) is 10.8. The first-order valence-corrected chi connectivity index (χ1v) is 20.2. The first kappa shape index (κ1) is 41.9. The molecular formula is C40H48N2O10S2. The summed E-state index contributed by atoms with van der Waals surface area (Å²) >= 11 is 2.90. The zero-order valence-electron chi connectivity index (χ0n) is 31.6. The second-order valence-electron chi connectivity index (χ2n) is 13.9. The molecule has 0 saturated heterocycles. The van der Waals surface area contributed by atoms with Gasteiger partial charge in [0.05, 0.1) is 0 Å². The van der Waals surface area contributed by atoms with Gasteiger partial charge in [-0.15, -0.1) is 0 Å². The van der Waals surface area contributed by atoms with Crippen LogP contribution in [0.25, 0.3) is 32.7 Å². The Morgan fingerprint density at radius 3 is 1.22 bits per heavy atom. The van der Waals surface area contributed by atoms with Crippen LogP contribution in [-0.4, -0.2) is 101 Å². The molecule has 0 aliphatic rings. The normalized spacial score (nSPS) is 13.3. The van der Waals surface area contributed by atoms with Gasteiger partial charge in [-0.05, 0) is 84.4 Å². The molecule has 290 valence electrons. The summed E-state index contributed by atoms with van der Waals surface area (Å²) in [6.45, 7) is 10.6. The van der Waals surface area contributed by atoms with Crippen molar-refractivity contribution in [1.29, 1.82) is 0 Å². The van der Waals surface area contributed by atoms with Gasteiger partial charge in [0.2, 0.25) is 0 Å². The van der Waals surface area contributed by atoms with E-state index in [0.717, 1.165) is 12.4 Å². The van der Waals surface area contributed by atoms with Crippen molar-refractivity contribution in [2.24, 2.45) is 9.98 Å². The van der Waals surface area contributed by atoms with E-state index in [0.29, 0.717) is 44.5 Å². The van der Waals surface area contributed by atoms with E-state index in [2.05, 4.69) is 9.98 Å². The molecule has 2 unspecified atom stereocenters. The number of benzene rings is 4. The topological polar surface area (TPSA) is 221 Å². The second kappa shape index (κ2) is 17.1. The van der Waals surface area contributed by atoms with Crippen LogP contribution in [0.2, 0.25) is 0 Å². The van der Waals surface area contributed by atoms with Crippen LogP contribution in [0, 0.1) is 13.8 Å². The van der Waals surface area contributed by atoms with Gasteiger partial charge < -0.3 is 40.9 Å². The molecule has 54 heavy (non-hydrogen) atoms. The standard InChI is InChI=1S/C40H48N2O10S2/c1-17(2)27-21-13-19(5)29(35(45)31(21)23(33(43)37(27)47)15-41-25(39(49)50)9-11-53-7)30-20(6)14-22-28(18(3)4)38(48)34(44)24(32(22)36(30)46)16-42-26(40(51)52)10-12-54-8/h13-18,25-26,43-48H,9-12H2,1-8H3,(H,49,50)(H,51,52). The van der Waals surface area contributed by atoms with Gasteiger partial charge >= 0.3 is 11.9 Å². The summed E-state index contributed by atoms with van der Waals surface area (Å²) in [6, 6.07) is 1.05. The Labute approximate surface area is 322 Å². The van der Waals surface area contributed by atoms with Crippen LogP contribution in [0.15, 0.2) is 22.1 Å². The van der Waals surface area contributed by atoms with Crippen LogP contribution in [0.1, 0.15) is 85.8 Å². The van der Waals surface area contributed by atoms with E-state index in [4.69, 9.17) is 0 Å². The zero-order valence-corrected chi connectivity index (χ0v) is 33.2. The number of aliphatic imine (C=N–C) groups is 2. The van der Waals surface area contributed by atoms with Crippen molar-refractivity contribution < 1.29 is 50.4 Å². The molecule has 4 aromatic rings. The number of nitrogens with zero attached hydrogens (tertiary/aromatic N) is 2. The maximum atomic E-state index is 12.3. The first-order chi connectivity index (χ1) is 25.4. The van der Waals surface area contributed by atoms with Gasteiger partial charge in [-0.1, -0.05) is 39.8 Å². The summed E-state index contributed by atoms with van der Waals surface area (Å²) in [4.78, 5) is 32.6. The fourth-order valence-corrected chi connectivity index (χ4v) is 7.85. The smallest absolute Gasteiger partial charge is 0.328 e. The maximum absolute atomic E-state index is 12.3. The molecule has 0 heterocycles. The lowest BCUT2D eigenvalue weighted by atomic mass is 9.83. The number of rotatable bonds is 15. The van der Waals surface area contributed by atoms with Crippen molar-refractivity contribution in [3.05, 3.63) is 45.5 Å². The number of hydrogen-bond donors (Lipinski definition) is 8. The van der Waals surface area contributed by atoms with Crippen LogP contribution in [-0.2, 0) is 9.59 Å². The van der Waals surface area contributed by atoms with Crippen molar-refractivity contribution in [3.63, 3.8) is 0 Å². The second-order valence-corrected chi connectivity index (χ2v) is 15.8. The summed E-state index contributed by atoms with van der Waals surface area (Å²) in [5.41, 5.74) is 1.60. The Morgan fingerprint density at radius 1 is 0.611 bits per heavy atom. The Bertz CT molecular complexity index is 2030. The molecular weight excluding hydrogens is 733 g/mol. The van der Waals surface area contributed by atoms with Crippen LogP contribution < -0.4 is 0 Å². The van der Waals surface area contributed by atoms with Gasteiger partial charge in [0.1, 0.15) is 23.6 Å². The molecule has 12 nitrogen and oxygen atoms in total. The minimum absolute atomic E-state index is 0.0579. The van der Waals surface area contributed by atoms with Crippen molar-refractivity contribution in [2.75, 3.05) is 24.0 Å². The van der Waals surface area contributed by atoms with Crippen molar-refractivity contribution in [1.82, 2.24) is 0 Å². The number of aryl methyl sites for hydroxylation is 2. The quantitative estimate of drug-likeness (QED) is 0.0425. The van der Waals surface area contributed by atoms with E-state index in [1.54, 1.807) is 53.7 Å². The zero-order chi connectivity index (χ0) is 40.3. The third-order valence-electron chi connectivity index (χ3n) is 9.52. The summed E-state index contributed by atoms with van der Waals surface area (Å²) in [5, 5.41) is 90.2.